The molecule has 2 aromatic carbocycles. The molecule has 0 saturated carbocycles. The van der Waals surface area contributed by atoms with Crippen LogP contribution in [0.3, 0.4) is 0 Å². The number of para-hydroxylation sites is 1. The van der Waals surface area contributed by atoms with E-state index in [-0.39, 0.29) is 17.8 Å². The highest BCUT2D eigenvalue weighted by Gasteiger charge is 2.30. The van der Waals surface area contributed by atoms with E-state index in [2.05, 4.69) is 10.6 Å². The molecular weight excluding hydrogens is 269 g/mol. The summed E-state index contributed by atoms with van der Waals surface area (Å²) < 4.78 is 13.5. The minimum Gasteiger partial charge on any atom is -0.329 e. The summed E-state index contributed by atoms with van der Waals surface area (Å²) in [5.41, 5.74) is 8.39. The first-order valence-corrected chi connectivity index (χ1v) is 6.80. The van der Waals surface area contributed by atoms with Gasteiger partial charge in [0.15, 0.2) is 0 Å². The largest absolute Gasteiger partial charge is 0.329 e. The van der Waals surface area contributed by atoms with Crippen molar-refractivity contribution in [3.05, 3.63) is 65.5 Å². The molecule has 2 amide bonds. The molecule has 2 unspecified atom stereocenters. The van der Waals surface area contributed by atoms with E-state index in [9.17, 15) is 9.18 Å². The number of anilines is 1. The van der Waals surface area contributed by atoms with Gasteiger partial charge >= 0.3 is 6.03 Å². The van der Waals surface area contributed by atoms with E-state index >= 15 is 0 Å². The Morgan fingerprint density at radius 3 is 2.67 bits per heavy atom. The van der Waals surface area contributed by atoms with Gasteiger partial charge in [0.05, 0.1) is 11.7 Å². The Labute approximate surface area is 122 Å². The topological polar surface area (TPSA) is 67.1 Å². The molecule has 108 valence electrons. The zero-order chi connectivity index (χ0) is 14.8. The van der Waals surface area contributed by atoms with Crippen LogP contribution < -0.4 is 16.4 Å². The number of hydrogen-bond acceptors (Lipinski definition) is 2. The maximum atomic E-state index is 13.5. The van der Waals surface area contributed by atoms with Gasteiger partial charge in [0.1, 0.15) is 5.82 Å². The van der Waals surface area contributed by atoms with Crippen molar-refractivity contribution in [3.8, 4) is 0 Å². The van der Waals surface area contributed by atoms with Crippen LogP contribution in [-0.2, 0) is 6.42 Å². The average molecular weight is 285 g/mol. The SMILES string of the molecule is NC1Cc2ccccc2C1NC(=O)Nc1ccccc1F. The number of urea groups is 1. The molecule has 0 fully saturated rings. The molecule has 5 heteroatoms. The van der Waals surface area contributed by atoms with E-state index in [1.165, 1.54) is 12.1 Å². The summed E-state index contributed by atoms with van der Waals surface area (Å²) in [7, 11) is 0. The molecule has 0 saturated heterocycles. The summed E-state index contributed by atoms with van der Waals surface area (Å²) in [6, 6.07) is 13.0. The van der Waals surface area contributed by atoms with Crippen molar-refractivity contribution >= 4 is 11.7 Å². The Bertz CT molecular complexity index is 674. The molecule has 3 rings (SSSR count). The van der Waals surface area contributed by atoms with E-state index in [0.717, 1.165) is 17.5 Å². The molecule has 21 heavy (non-hydrogen) atoms. The van der Waals surface area contributed by atoms with Gasteiger partial charge in [-0.2, -0.15) is 0 Å². The van der Waals surface area contributed by atoms with Gasteiger partial charge in [-0.1, -0.05) is 36.4 Å². The molecule has 0 spiro atoms. The molecule has 1 aliphatic carbocycles. The van der Waals surface area contributed by atoms with Gasteiger partial charge < -0.3 is 16.4 Å². The standard InChI is InChI=1S/C16H16FN3O/c17-12-7-3-4-8-14(12)19-16(21)20-15-11-6-2-1-5-10(11)9-13(15)18/h1-8,13,15H,9,18H2,(H2,19,20,21). The van der Waals surface area contributed by atoms with Crippen LogP contribution in [0.5, 0.6) is 0 Å². The maximum absolute atomic E-state index is 13.5. The van der Waals surface area contributed by atoms with Crippen LogP contribution in [0, 0.1) is 5.82 Å². The minimum absolute atomic E-state index is 0.148. The summed E-state index contributed by atoms with van der Waals surface area (Å²) in [6.45, 7) is 0. The molecule has 0 aliphatic heterocycles. The third kappa shape index (κ3) is 2.73. The number of hydrogen-bond donors (Lipinski definition) is 3. The number of rotatable bonds is 2. The van der Waals surface area contributed by atoms with E-state index in [0.29, 0.717) is 0 Å². The molecule has 0 radical (unpaired) electrons. The van der Waals surface area contributed by atoms with Gasteiger partial charge in [-0.15, -0.1) is 0 Å². The zero-order valence-electron chi connectivity index (χ0n) is 11.3. The Kier molecular flexibility index (Phi) is 3.58. The number of nitrogens with one attached hydrogen (secondary N) is 2. The van der Waals surface area contributed by atoms with Crippen molar-refractivity contribution < 1.29 is 9.18 Å². The second kappa shape index (κ2) is 5.54. The van der Waals surface area contributed by atoms with Crippen molar-refractivity contribution in [2.75, 3.05) is 5.32 Å². The molecule has 4 N–H and O–H groups in total. The van der Waals surface area contributed by atoms with Crippen molar-refractivity contribution in [1.29, 1.82) is 0 Å². The van der Waals surface area contributed by atoms with E-state index in [1.54, 1.807) is 12.1 Å². The third-order valence-electron chi connectivity index (χ3n) is 3.68. The highest BCUT2D eigenvalue weighted by molar-refractivity contribution is 5.89. The molecule has 0 aromatic heterocycles. The normalized spacial score (nSPS) is 19.9. The van der Waals surface area contributed by atoms with Crippen molar-refractivity contribution in [2.24, 2.45) is 5.73 Å². The van der Waals surface area contributed by atoms with Crippen LogP contribution in [0.25, 0.3) is 0 Å². The lowest BCUT2D eigenvalue weighted by atomic mass is 10.1. The summed E-state index contributed by atoms with van der Waals surface area (Å²) in [5.74, 6) is -0.469. The number of amides is 2. The molecule has 0 bridgehead atoms. The fourth-order valence-electron chi connectivity index (χ4n) is 2.67. The lowest BCUT2D eigenvalue weighted by molar-refractivity contribution is 0.247. The smallest absolute Gasteiger partial charge is 0.319 e. The quantitative estimate of drug-likeness (QED) is 0.794. The highest BCUT2D eigenvalue weighted by Crippen LogP contribution is 2.30. The summed E-state index contributed by atoms with van der Waals surface area (Å²) in [6.07, 6.45) is 0.723. The lowest BCUT2D eigenvalue weighted by Gasteiger charge is -2.19. The van der Waals surface area contributed by atoms with E-state index in [1.807, 2.05) is 24.3 Å². The van der Waals surface area contributed by atoms with Crippen LogP contribution in [0.1, 0.15) is 17.2 Å². The number of nitrogens with two attached hydrogens (primary N) is 1. The first-order valence-electron chi connectivity index (χ1n) is 6.80. The van der Waals surface area contributed by atoms with Gasteiger partial charge in [-0.3, -0.25) is 0 Å². The molecule has 0 heterocycles. The van der Waals surface area contributed by atoms with Crippen molar-refractivity contribution in [2.45, 2.75) is 18.5 Å². The molecule has 1 aliphatic rings. The zero-order valence-corrected chi connectivity index (χ0v) is 11.3. The second-order valence-electron chi connectivity index (χ2n) is 5.12. The summed E-state index contributed by atoms with van der Waals surface area (Å²) in [5, 5.41) is 5.33. The Hall–Kier alpha value is -2.40. The van der Waals surface area contributed by atoms with Gasteiger partial charge in [-0.05, 0) is 29.7 Å². The molecule has 4 nitrogen and oxygen atoms in total. The number of benzene rings is 2. The summed E-state index contributed by atoms with van der Waals surface area (Å²) in [4.78, 5) is 12.0. The van der Waals surface area contributed by atoms with Gasteiger partial charge in [-0.25, -0.2) is 9.18 Å². The van der Waals surface area contributed by atoms with Crippen molar-refractivity contribution in [3.63, 3.8) is 0 Å². The van der Waals surface area contributed by atoms with Crippen LogP contribution in [0.15, 0.2) is 48.5 Å². The number of carbonyl (C=O) groups is 1. The molecule has 2 atom stereocenters. The Balaban J connectivity index is 1.72. The fourth-order valence-corrected chi connectivity index (χ4v) is 2.67. The third-order valence-corrected chi connectivity index (χ3v) is 3.68. The maximum Gasteiger partial charge on any atom is 0.319 e. The minimum atomic E-state index is -0.469. The van der Waals surface area contributed by atoms with Crippen LogP contribution in [0.4, 0.5) is 14.9 Å². The van der Waals surface area contributed by atoms with Gasteiger partial charge in [0.25, 0.3) is 0 Å². The van der Waals surface area contributed by atoms with Gasteiger partial charge in [0, 0.05) is 6.04 Å². The highest BCUT2D eigenvalue weighted by atomic mass is 19.1. The number of carbonyl (C=O) groups excluding carboxylic acids is 1. The van der Waals surface area contributed by atoms with Crippen LogP contribution in [0.2, 0.25) is 0 Å². The second-order valence-corrected chi connectivity index (χ2v) is 5.12. The Morgan fingerprint density at radius 1 is 1.14 bits per heavy atom. The van der Waals surface area contributed by atoms with E-state index in [4.69, 9.17) is 5.73 Å². The molecule has 2 aromatic rings. The first-order chi connectivity index (χ1) is 10.1. The monoisotopic (exact) mass is 285 g/mol. The number of fused-ring (bicyclic) bond motifs is 1. The van der Waals surface area contributed by atoms with Crippen LogP contribution >= 0.6 is 0 Å². The van der Waals surface area contributed by atoms with Crippen LogP contribution in [-0.4, -0.2) is 12.1 Å². The van der Waals surface area contributed by atoms with E-state index < -0.39 is 11.8 Å². The predicted molar refractivity (Wildman–Crippen MR) is 79.4 cm³/mol. The fraction of sp³-hybridized carbons (Fsp3) is 0.188. The summed E-state index contributed by atoms with van der Waals surface area (Å²) >= 11 is 0. The molecular formula is C16H16FN3O. The lowest BCUT2D eigenvalue weighted by Crippen LogP contribution is -2.40. The Morgan fingerprint density at radius 2 is 1.86 bits per heavy atom. The van der Waals surface area contributed by atoms with Crippen molar-refractivity contribution in [1.82, 2.24) is 5.32 Å². The van der Waals surface area contributed by atoms with Gasteiger partial charge in [0.2, 0.25) is 0 Å². The number of halogens is 1. The first kappa shape index (κ1) is 13.6. The average Bonchev–Trinajstić information content (AvgIpc) is 2.78. The predicted octanol–water partition coefficient (Wildman–Crippen LogP) is 2.57.